The molecule has 1 unspecified atom stereocenters. The van der Waals surface area contributed by atoms with Gasteiger partial charge in [-0.15, -0.1) is 0 Å². The first-order chi connectivity index (χ1) is 32.0. The smallest absolute Gasteiger partial charge is 0.342 e. The Morgan fingerprint density at radius 1 is 1.03 bits per heavy atom. The highest BCUT2D eigenvalue weighted by molar-refractivity contribution is 14.1. The minimum atomic E-state index is -1.85. The first-order valence-corrected chi connectivity index (χ1v) is 25.0. The molecule has 69 heavy (non-hydrogen) atoms. The number of methoxy groups -OCH3 is 1. The van der Waals surface area contributed by atoms with Crippen molar-refractivity contribution >= 4 is 46.4 Å². The van der Waals surface area contributed by atoms with Crippen LogP contribution in [0.1, 0.15) is 108 Å². The molecule has 0 aromatic heterocycles. The van der Waals surface area contributed by atoms with Crippen LogP contribution in [0.4, 0.5) is 0 Å². The first-order valence-electron chi connectivity index (χ1n) is 23.7. The number of rotatable bonds is 14. The number of phenols is 1. The number of hydrogen-bond donors (Lipinski definition) is 6. The Hall–Kier alpha value is -3.19. The third-order valence-corrected chi connectivity index (χ3v) is 15.8. The second-order valence-corrected chi connectivity index (χ2v) is 21.3. The highest BCUT2D eigenvalue weighted by atomic mass is 127. The summed E-state index contributed by atoms with van der Waals surface area (Å²) in [6.07, 6.45) is -4.25. The molecule has 3 heterocycles. The van der Waals surface area contributed by atoms with Gasteiger partial charge < -0.3 is 68.9 Å². The van der Waals surface area contributed by atoms with Crippen LogP contribution >= 0.6 is 22.6 Å². The van der Waals surface area contributed by atoms with Crippen LogP contribution in [-0.4, -0.2) is 188 Å². The fourth-order valence-corrected chi connectivity index (χ4v) is 10.3. The van der Waals surface area contributed by atoms with E-state index in [1.54, 1.807) is 76.3 Å². The number of aliphatic hydroxyl groups excluding tert-OH is 3. The number of nitrogens with zero attached hydrogens (tertiary/aromatic N) is 3. The fourth-order valence-electron chi connectivity index (χ4n) is 9.72. The monoisotopic (exact) mass is 1090 g/mol. The molecule has 0 saturated carbocycles. The minimum Gasteiger partial charge on any atom is -0.507 e. The van der Waals surface area contributed by atoms with Gasteiger partial charge in [-0.2, -0.15) is 0 Å². The number of ether oxygens (including phenoxy) is 6. The van der Waals surface area contributed by atoms with E-state index in [1.165, 1.54) is 25.9 Å². The summed E-state index contributed by atoms with van der Waals surface area (Å²) < 4.78 is 33.2. The van der Waals surface area contributed by atoms with Crippen LogP contribution in [0.25, 0.3) is 0 Å². The van der Waals surface area contributed by atoms with Gasteiger partial charge >= 0.3 is 17.9 Å². The standard InChI is InChI=1S/C49H78IN3O16/c1-25(14-16-32-39(57)37-33(24-66-45(37)61)28(4)41(32)64-13)15-17-36(55)65-19-18-51(10)23-35(54)53(12)34-20-27(3)67-46(40(34)58)68-43-29(5)38(56)30(6)44(60)69-47(50)49(9,63)42(59)31(7)52(11)22-26(2)21-48(43,8)62/h14,26-27,29-31,34,38,40,42-43,46-47,56-59,62-63H,15-24H2,1-13H3/b25-14+/t26-,27-,29+,30-,31-,34?,38+,40-,42-,43-,46+,47+,48-,49+/m1/s1. The summed E-state index contributed by atoms with van der Waals surface area (Å²) in [7, 11) is 6.55. The van der Waals surface area contributed by atoms with Gasteiger partial charge in [-0.05, 0) is 122 Å². The number of hydrogen-bond acceptors (Lipinski definition) is 18. The fraction of sp³-hybridized carbons (Fsp3) is 0.755. The summed E-state index contributed by atoms with van der Waals surface area (Å²) in [5, 5.41) is 69.2. The normalized spacial score (nSPS) is 34.3. The molecule has 6 N–H and O–H groups in total. The Morgan fingerprint density at radius 2 is 1.68 bits per heavy atom. The largest absolute Gasteiger partial charge is 0.507 e. The average Bonchev–Trinajstić information content (AvgIpc) is 3.68. The Labute approximate surface area is 420 Å². The maximum atomic E-state index is 13.7. The van der Waals surface area contributed by atoms with Gasteiger partial charge in [0.1, 0.15) is 48.1 Å². The van der Waals surface area contributed by atoms with Gasteiger partial charge in [0, 0.05) is 49.6 Å². The summed E-state index contributed by atoms with van der Waals surface area (Å²) in [5.41, 5.74) is -0.719. The minimum absolute atomic E-state index is 0.0224. The summed E-state index contributed by atoms with van der Waals surface area (Å²) in [4.78, 5) is 57.1. The van der Waals surface area contributed by atoms with E-state index in [0.29, 0.717) is 29.8 Å². The van der Waals surface area contributed by atoms with Gasteiger partial charge in [0.15, 0.2) is 10.4 Å². The molecule has 0 aliphatic carbocycles. The number of esters is 3. The van der Waals surface area contributed by atoms with Gasteiger partial charge in [0.25, 0.3) is 0 Å². The molecule has 3 aliphatic heterocycles. The number of benzene rings is 1. The third kappa shape index (κ3) is 14.1. The van der Waals surface area contributed by atoms with E-state index < -0.39 is 94.0 Å². The first kappa shape index (κ1) is 58.4. The number of cyclic esters (lactones) is 2. The van der Waals surface area contributed by atoms with E-state index in [2.05, 4.69) is 0 Å². The predicted molar refractivity (Wildman–Crippen MR) is 261 cm³/mol. The van der Waals surface area contributed by atoms with Crippen LogP contribution in [-0.2, 0) is 51.1 Å². The van der Waals surface area contributed by atoms with Crippen LogP contribution in [0.2, 0.25) is 0 Å². The van der Waals surface area contributed by atoms with Crippen molar-refractivity contribution in [2.24, 2.45) is 17.8 Å². The predicted octanol–water partition coefficient (Wildman–Crippen LogP) is 2.99. The molecule has 14 atom stereocenters. The number of likely N-dealkylation sites (N-methyl/N-ethyl adjacent to an activating group) is 3. The summed E-state index contributed by atoms with van der Waals surface area (Å²) >= 11 is 1.75. The molecule has 0 bridgehead atoms. The lowest BCUT2D eigenvalue weighted by molar-refractivity contribution is -0.299. The Morgan fingerprint density at radius 3 is 2.32 bits per heavy atom. The lowest BCUT2D eigenvalue weighted by Gasteiger charge is -2.47. The number of aromatic hydroxyl groups is 1. The van der Waals surface area contributed by atoms with Gasteiger partial charge in [0.2, 0.25) is 5.91 Å². The molecule has 1 aromatic rings. The SMILES string of the molecule is COc1c(C)c2c(c(O)c1C/C=C(\C)CCC(=O)OCCN(C)CC(=O)N(C)C1C[C@@H](C)O[C@@H](O[C@@H]3[C@@H](C)[C@H](O)[C@@H](C)C(=O)O[C@H](I)[C@@](C)(O)[C@H](O)[C@@H](C)N(C)C[C@H](C)C[C@@]3(C)O)[C@@H]1O)C(=O)OC2. The number of allylic oxidation sites excluding steroid dienone is 2. The summed E-state index contributed by atoms with van der Waals surface area (Å²) in [5.74, 6) is -4.21. The van der Waals surface area contributed by atoms with Gasteiger partial charge in [-0.25, -0.2) is 4.79 Å². The Balaban J connectivity index is 1.36. The number of carbonyl (C=O) groups excluding carboxylic acids is 4. The zero-order valence-corrected chi connectivity index (χ0v) is 44.7. The van der Waals surface area contributed by atoms with Crippen molar-refractivity contribution in [1.29, 1.82) is 0 Å². The van der Waals surface area contributed by atoms with E-state index in [4.69, 9.17) is 28.4 Å². The van der Waals surface area contributed by atoms with Crippen molar-refractivity contribution in [3.63, 3.8) is 0 Å². The van der Waals surface area contributed by atoms with Crippen molar-refractivity contribution < 1.29 is 78.2 Å². The second-order valence-electron chi connectivity index (χ2n) is 20.2. The van der Waals surface area contributed by atoms with Crippen LogP contribution in [0, 0.1) is 24.7 Å². The quantitative estimate of drug-likeness (QED) is 0.0515. The van der Waals surface area contributed by atoms with Gasteiger partial charge in [-0.1, -0.05) is 25.5 Å². The third-order valence-electron chi connectivity index (χ3n) is 14.3. The van der Waals surface area contributed by atoms with Crippen molar-refractivity contribution in [2.75, 3.05) is 54.5 Å². The lowest BCUT2D eigenvalue weighted by atomic mass is 9.78. The summed E-state index contributed by atoms with van der Waals surface area (Å²) in [6, 6.07) is -1.37. The maximum absolute atomic E-state index is 13.7. The van der Waals surface area contributed by atoms with Gasteiger partial charge in [-0.3, -0.25) is 19.3 Å². The molecule has 2 fully saturated rings. The molecule has 1 amide bonds. The number of carbonyl (C=O) groups is 4. The number of fused-ring (bicyclic) bond motifs is 1. The average molecular weight is 1090 g/mol. The number of aliphatic hydroxyl groups is 5. The lowest BCUT2D eigenvalue weighted by Crippen LogP contribution is -2.60. The zero-order valence-electron chi connectivity index (χ0n) is 42.6. The zero-order chi connectivity index (χ0) is 52.0. The van der Waals surface area contributed by atoms with Crippen LogP contribution in [0.3, 0.4) is 0 Å². The molecule has 0 radical (unpaired) electrons. The van der Waals surface area contributed by atoms with Crippen molar-refractivity contribution in [2.45, 2.75) is 165 Å². The van der Waals surface area contributed by atoms with E-state index >= 15 is 0 Å². The molecule has 20 heteroatoms. The van der Waals surface area contributed by atoms with Gasteiger partial charge in [0.05, 0.1) is 49.5 Å². The van der Waals surface area contributed by atoms with E-state index in [1.807, 2.05) is 31.7 Å². The Kier molecular flexibility index (Phi) is 20.7. The molecular weight excluding hydrogens is 1010 g/mol. The number of amides is 1. The summed E-state index contributed by atoms with van der Waals surface area (Å²) in [6.45, 7) is 15.8. The van der Waals surface area contributed by atoms with E-state index in [0.717, 1.165) is 11.1 Å². The van der Waals surface area contributed by atoms with Crippen LogP contribution in [0.5, 0.6) is 11.5 Å². The van der Waals surface area contributed by atoms with Crippen LogP contribution in [0.15, 0.2) is 11.6 Å². The number of halogens is 1. The highest BCUT2D eigenvalue weighted by Crippen LogP contribution is 2.42. The second kappa shape index (κ2) is 24.5. The van der Waals surface area contributed by atoms with E-state index in [-0.39, 0.29) is 75.1 Å². The molecule has 1 aromatic carbocycles. The van der Waals surface area contributed by atoms with Crippen molar-refractivity contribution in [3.05, 3.63) is 33.9 Å². The molecular formula is C49H78IN3O16. The van der Waals surface area contributed by atoms with Crippen LogP contribution < -0.4 is 4.74 Å². The molecule has 3 aliphatic rings. The molecule has 4 rings (SSSR count). The molecule has 2 saturated heterocycles. The highest BCUT2D eigenvalue weighted by Gasteiger charge is 2.50. The molecule has 19 nitrogen and oxygen atoms in total. The maximum Gasteiger partial charge on any atom is 0.342 e. The Bertz CT molecular complexity index is 2000. The number of alkyl halides is 1. The number of phenolic OH excluding ortho intramolecular Hbond substituents is 1. The van der Waals surface area contributed by atoms with E-state index in [9.17, 15) is 49.8 Å². The topological polar surface area (TPSA) is 255 Å². The van der Waals surface area contributed by atoms with Crippen molar-refractivity contribution in [3.8, 4) is 11.5 Å². The van der Waals surface area contributed by atoms with Crippen molar-refractivity contribution in [1.82, 2.24) is 14.7 Å². The molecule has 392 valence electrons. The molecule has 0 spiro atoms.